The number of nitrogens with zero attached hydrogens (tertiary/aromatic N) is 1. The monoisotopic (exact) mass is 287 g/mol. The molecular weight excluding hydrogens is 266 g/mol. The predicted molar refractivity (Wildman–Crippen MR) is 87.2 cm³/mol. The summed E-state index contributed by atoms with van der Waals surface area (Å²) in [5.74, 6) is 0.521. The molecule has 0 bridgehead atoms. The molecule has 0 radical (unpaired) electrons. The van der Waals surface area contributed by atoms with Crippen molar-refractivity contribution in [3.05, 3.63) is 57.8 Å². The highest BCUT2D eigenvalue weighted by atomic mass is 32.1. The number of guanidine groups is 1. The van der Waals surface area contributed by atoms with Gasteiger partial charge in [-0.25, -0.2) is 4.99 Å². The van der Waals surface area contributed by atoms with Crippen LogP contribution < -0.4 is 11.1 Å². The van der Waals surface area contributed by atoms with E-state index in [4.69, 9.17) is 5.73 Å². The summed E-state index contributed by atoms with van der Waals surface area (Å²) >= 11 is 1.81. The molecule has 0 saturated heterocycles. The molecule has 1 aromatic carbocycles. The van der Waals surface area contributed by atoms with Crippen LogP contribution in [-0.2, 0) is 19.4 Å². The molecule has 0 fully saturated rings. The Labute approximate surface area is 124 Å². The smallest absolute Gasteiger partial charge is 0.188 e. The van der Waals surface area contributed by atoms with Crippen LogP contribution in [0.5, 0.6) is 0 Å². The second-order valence-electron chi connectivity index (χ2n) is 4.59. The van der Waals surface area contributed by atoms with Crippen LogP contribution in [0.1, 0.15) is 22.2 Å². The fraction of sp³-hybridized carbons (Fsp3) is 0.312. The van der Waals surface area contributed by atoms with Crippen molar-refractivity contribution in [1.82, 2.24) is 5.32 Å². The minimum absolute atomic E-state index is 0.521. The summed E-state index contributed by atoms with van der Waals surface area (Å²) in [6, 6.07) is 14.7. The first-order valence-electron chi connectivity index (χ1n) is 6.93. The highest BCUT2D eigenvalue weighted by molar-refractivity contribution is 7.11. The van der Waals surface area contributed by atoms with E-state index < -0.39 is 0 Å². The fourth-order valence-corrected chi connectivity index (χ4v) is 2.78. The van der Waals surface area contributed by atoms with Crippen LogP contribution in [0.2, 0.25) is 0 Å². The first kappa shape index (κ1) is 14.6. The van der Waals surface area contributed by atoms with E-state index in [9.17, 15) is 0 Å². The average molecular weight is 287 g/mol. The average Bonchev–Trinajstić information content (AvgIpc) is 2.94. The molecule has 0 unspecified atom stereocenters. The lowest BCUT2D eigenvalue weighted by Crippen LogP contribution is -2.33. The van der Waals surface area contributed by atoms with Crippen LogP contribution in [0.15, 0.2) is 47.5 Å². The maximum atomic E-state index is 5.87. The summed E-state index contributed by atoms with van der Waals surface area (Å²) < 4.78 is 0. The number of hydrogen-bond acceptors (Lipinski definition) is 2. The lowest BCUT2D eigenvalue weighted by molar-refractivity contribution is 0.849. The van der Waals surface area contributed by atoms with Crippen LogP contribution in [-0.4, -0.2) is 12.5 Å². The van der Waals surface area contributed by atoms with Crippen molar-refractivity contribution < 1.29 is 0 Å². The Morgan fingerprint density at radius 1 is 1.15 bits per heavy atom. The number of nitrogens with one attached hydrogen (secondary N) is 1. The van der Waals surface area contributed by atoms with Crippen LogP contribution in [0, 0.1) is 0 Å². The number of aryl methyl sites for hydroxylation is 1. The lowest BCUT2D eigenvalue weighted by Gasteiger charge is -2.05. The molecule has 20 heavy (non-hydrogen) atoms. The molecule has 1 aromatic heterocycles. The standard InChI is InChI=1S/C16H21N3S/c1-2-14-8-9-15(20-14)12-19-16(17)18-11-10-13-6-4-3-5-7-13/h3-9H,2,10-12H2,1H3,(H3,17,18,19). The van der Waals surface area contributed by atoms with Crippen LogP contribution in [0.3, 0.4) is 0 Å². The van der Waals surface area contributed by atoms with Gasteiger partial charge in [-0.1, -0.05) is 37.3 Å². The first-order valence-corrected chi connectivity index (χ1v) is 7.75. The predicted octanol–water partition coefficient (Wildman–Crippen LogP) is 2.96. The van der Waals surface area contributed by atoms with E-state index >= 15 is 0 Å². The number of thiophene rings is 1. The van der Waals surface area contributed by atoms with E-state index in [0.29, 0.717) is 12.5 Å². The summed E-state index contributed by atoms with van der Waals surface area (Å²) in [5.41, 5.74) is 7.17. The van der Waals surface area contributed by atoms with Crippen molar-refractivity contribution in [3.63, 3.8) is 0 Å². The van der Waals surface area contributed by atoms with E-state index in [1.165, 1.54) is 15.3 Å². The minimum atomic E-state index is 0.521. The van der Waals surface area contributed by atoms with Gasteiger partial charge in [0, 0.05) is 16.3 Å². The zero-order chi connectivity index (χ0) is 14.2. The Balaban J connectivity index is 1.74. The van der Waals surface area contributed by atoms with Gasteiger partial charge in [0.25, 0.3) is 0 Å². The van der Waals surface area contributed by atoms with Gasteiger partial charge >= 0.3 is 0 Å². The van der Waals surface area contributed by atoms with E-state index in [-0.39, 0.29) is 0 Å². The van der Waals surface area contributed by atoms with Crippen molar-refractivity contribution in [2.75, 3.05) is 6.54 Å². The summed E-state index contributed by atoms with van der Waals surface area (Å²) in [6.07, 6.45) is 2.04. The van der Waals surface area contributed by atoms with Gasteiger partial charge < -0.3 is 11.1 Å². The molecular formula is C16H21N3S. The lowest BCUT2D eigenvalue weighted by atomic mass is 10.1. The molecule has 1 heterocycles. The van der Waals surface area contributed by atoms with Gasteiger partial charge in [0.15, 0.2) is 5.96 Å². The third kappa shape index (κ3) is 4.70. The zero-order valence-corrected chi connectivity index (χ0v) is 12.6. The van der Waals surface area contributed by atoms with E-state index in [1.54, 1.807) is 11.3 Å². The Hall–Kier alpha value is -1.81. The number of benzene rings is 1. The molecule has 0 amide bonds. The van der Waals surface area contributed by atoms with Crippen LogP contribution in [0.25, 0.3) is 0 Å². The third-order valence-electron chi connectivity index (χ3n) is 3.03. The van der Waals surface area contributed by atoms with Crippen molar-refractivity contribution >= 4 is 17.3 Å². The van der Waals surface area contributed by atoms with Crippen LogP contribution >= 0.6 is 11.3 Å². The topological polar surface area (TPSA) is 50.4 Å². The van der Waals surface area contributed by atoms with E-state index in [1.807, 2.05) is 6.07 Å². The molecule has 0 aliphatic rings. The molecule has 3 N–H and O–H groups in total. The third-order valence-corrected chi connectivity index (χ3v) is 4.25. The molecule has 0 aliphatic heterocycles. The SMILES string of the molecule is CCc1ccc(CN=C(N)NCCc2ccccc2)s1. The summed E-state index contributed by atoms with van der Waals surface area (Å²) in [7, 11) is 0. The van der Waals surface area contributed by atoms with Gasteiger partial charge in [-0.15, -0.1) is 11.3 Å². The second kappa shape index (κ2) is 7.70. The summed E-state index contributed by atoms with van der Waals surface area (Å²) in [5, 5.41) is 3.15. The van der Waals surface area contributed by atoms with E-state index in [2.05, 4.69) is 53.6 Å². The van der Waals surface area contributed by atoms with Crippen molar-refractivity contribution in [1.29, 1.82) is 0 Å². The number of rotatable bonds is 6. The van der Waals surface area contributed by atoms with Crippen molar-refractivity contribution in [3.8, 4) is 0 Å². The normalized spacial score (nSPS) is 11.6. The maximum absolute atomic E-state index is 5.87. The molecule has 0 saturated carbocycles. The van der Waals surface area contributed by atoms with Gasteiger partial charge in [0.05, 0.1) is 6.54 Å². The Bertz CT molecular complexity index is 546. The van der Waals surface area contributed by atoms with Gasteiger partial charge in [0.1, 0.15) is 0 Å². The molecule has 4 heteroatoms. The fourth-order valence-electron chi connectivity index (χ4n) is 1.90. The molecule has 0 atom stereocenters. The molecule has 2 rings (SSSR count). The summed E-state index contributed by atoms with van der Waals surface area (Å²) in [4.78, 5) is 7.02. The Kier molecular flexibility index (Phi) is 5.62. The van der Waals surface area contributed by atoms with E-state index in [0.717, 1.165) is 19.4 Å². The highest BCUT2D eigenvalue weighted by Gasteiger charge is 1.98. The quantitative estimate of drug-likeness (QED) is 0.634. The van der Waals surface area contributed by atoms with Gasteiger partial charge in [0.2, 0.25) is 0 Å². The van der Waals surface area contributed by atoms with Crippen LogP contribution in [0.4, 0.5) is 0 Å². The minimum Gasteiger partial charge on any atom is -0.370 e. The molecule has 0 spiro atoms. The number of nitrogens with two attached hydrogens (primary N) is 1. The Morgan fingerprint density at radius 3 is 2.60 bits per heavy atom. The van der Waals surface area contributed by atoms with Gasteiger partial charge in [-0.3, -0.25) is 0 Å². The van der Waals surface area contributed by atoms with Gasteiger partial charge in [-0.2, -0.15) is 0 Å². The first-order chi connectivity index (χ1) is 9.78. The van der Waals surface area contributed by atoms with Gasteiger partial charge in [-0.05, 0) is 30.5 Å². The molecule has 106 valence electrons. The molecule has 0 aliphatic carbocycles. The number of hydrogen-bond donors (Lipinski definition) is 2. The molecule has 2 aromatic rings. The zero-order valence-electron chi connectivity index (χ0n) is 11.8. The number of aliphatic imine (C=N–C) groups is 1. The van der Waals surface area contributed by atoms with Crippen molar-refractivity contribution in [2.24, 2.45) is 10.7 Å². The largest absolute Gasteiger partial charge is 0.370 e. The molecule has 3 nitrogen and oxygen atoms in total. The Morgan fingerprint density at radius 2 is 1.90 bits per heavy atom. The highest BCUT2D eigenvalue weighted by Crippen LogP contribution is 2.17. The maximum Gasteiger partial charge on any atom is 0.188 e. The summed E-state index contributed by atoms with van der Waals surface area (Å²) in [6.45, 7) is 3.64. The second-order valence-corrected chi connectivity index (χ2v) is 5.84. The van der Waals surface area contributed by atoms with Crippen molar-refractivity contribution in [2.45, 2.75) is 26.3 Å².